The summed E-state index contributed by atoms with van der Waals surface area (Å²) in [6.07, 6.45) is 0.519. The number of nitrogens with one attached hydrogen (secondary N) is 1. The molecular formula is C28H24ClFN4O2S. The number of carbonyl (C=O) groups is 2. The van der Waals surface area contributed by atoms with Crippen molar-refractivity contribution in [1.82, 2.24) is 5.01 Å². The average Bonchev–Trinajstić information content (AvgIpc) is 3.45. The number of aliphatic imine (C=N–C) groups is 1. The van der Waals surface area contributed by atoms with E-state index in [1.807, 2.05) is 50.2 Å². The van der Waals surface area contributed by atoms with E-state index in [0.29, 0.717) is 16.6 Å². The highest BCUT2D eigenvalue weighted by atomic mass is 35.5. The van der Waals surface area contributed by atoms with Gasteiger partial charge in [0.05, 0.1) is 11.8 Å². The number of nitrogens with zero attached hydrogens (tertiary/aromatic N) is 3. The zero-order valence-electron chi connectivity index (χ0n) is 20.2. The summed E-state index contributed by atoms with van der Waals surface area (Å²) in [5, 5.41) is 9.76. The maximum atomic E-state index is 13.5. The molecule has 0 saturated heterocycles. The first-order valence-corrected chi connectivity index (χ1v) is 13.1. The number of hydrazone groups is 1. The first kappa shape index (κ1) is 25.2. The minimum atomic E-state index is -0.647. The summed E-state index contributed by atoms with van der Waals surface area (Å²) < 4.78 is 13.5. The Kier molecular flexibility index (Phi) is 7.13. The number of hydrogen-bond acceptors (Lipinski definition) is 5. The highest BCUT2D eigenvalue weighted by Crippen LogP contribution is 2.39. The Morgan fingerprint density at radius 2 is 1.92 bits per heavy atom. The Morgan fingerprint density at radius 1 is 1.14 bits per heavy atom. The van der Waals surface area contributed by atoms with E-state index in [9.17, 15) is 14.0 Å². The first-order valence-electron chi connectivity index (χ1n) is 11.8. The Balaban J connectivity index is 1.35. The average molecular weight is 535 g/mol. The largest absolute Gasteiger partial charge is 0.326 e. The van der Waals surface area contributed by atoms with Crippen LogP contribution in [0.5, 0.6) is 0 Å². The highest BCUT2D eigenvalue weighted by molar-refractivity contribution is 8.15. The Morgan fingerprint density at radius 3 is 2.65 bits per heavy atom. The summed E-state index contributed by atoms with van der Waals surface area (Å²) in [6.45, 7) is 3.92. The number of rotatable bonds is 5. The van der Waals surface area contributed by atoms with Crippen molar-refractivity contribution in [3.63, 3.8) is 0 Å². The van der Waals surface area contributed by atoms with Crippen molar-refractivity contribution in [2.75, 3.05) is 5.32 Å². The number of amides is 2. The molecule has 0 aliphatic carbocycles. The molecule has 188 valence electrons. The molecule has 3 aromatic rings. The number of anilines is 1. The van der Waals surface area contributed by atoms with Crippen molar-refractivity contribution in [3.8, 4) is 0 Å². The molecule has 0 bridgehead atoms. The highest BCUT2D eigenvalue weighted by Gasteiger charge is 2.39. The van der Waals surface area contributed by atoms with Crippen LogP contribution in [0.1, 0.15) is 41.1 Å². The van der Waals surface area contributed by atoms with E-state index >= 15 is 0 Å². The lowest BCUT2D eigenvalue weighted by Gasteiger charge is -2.23. The van der Waals surface area contributed by atoms with Gasteiger partial charge in [0, 0.05) is 23.6 Å². The molecular weight excluding hydrogens is 511 g/mol. The van der Waals surface area contributed by atoms with Crippen LogP contribution in [0.15, 0.2) is 76.8 Å². The maximum absolute atomic E-state index is 13.5. The van der Waals surface area contributed by atoms with Crippen molar-refractivity contribution in [2.24, 2.45) is 10.1 Å². The van der Waals surface area contributed by atoms with Crippen LogP contribution in [0.25, 0.3) is 0 Å². The summed E-state index contributed by atoms with van der Waals surface area (Å²) in [4.78, 5) is 29.8. The number of thioether (sulfide) groups is 1. The molecule has 2 heterocycles. The van der Waals surface area contributed by atoms with Gasteiger partial charge >= 0.3 is 0 Å². The molecule has 9 heteroatoms. The van der Waals surface area contributed by atoms with Gasteiger partial charge in [-0.15, -0.1) is 0 Å². The predicted molar refractivity (Wildman–Crippen MR) is 147 cm³/mol. The van der Waals surface area contributed by atoms with Crippen molar-refractivity contribution < 1.29 is 14.0 Å². The Labute approximate surface area is 223 Å². The molecule has 2 aliphatic heterocycles. The topological polar surface area (TPSA) is 74.1 Å². The fraction of sp³-hybridized carbons (Fsp3) is 0.214. The molecule has 0 aromatic heterocycles. The van der Waals surface area contributed by atoms with Crippen LogP contribution in [-0.2, 0) is 9.59 Å². The van der Waals surface area contributed by atoms with Crippen LogP contribution in [0.2, 0.25) is 5.02 Å². The lowest BCUT2D eigenvalue weighted by molar-refractivity contribution is -0.121. The van der Waals surface area contributed by atoms with Crippen LogP contribution < -0.4 is 5.32 Å². The summed E-state index contributed by atoms with van der Waals surface area (Å²) in [7, 11) is 0. The van der Waals surface area contributed by atoms with Crippen molar-refractivity contribution >= 4 is 51.7 Å². The van der Waals surface area contributed by atoms with Crippen LogP contribution >= 0.6 is 23.4 Å². The minimum absolute atomic E-state index is 0.00593. The molecule has 3 aromatic carbocycles. The van der Waals surface area contributed by atoms with Gasteiger partial charge in [-0.3, -0.25) is 9.59 Å². The number of hydrogen-bond donors (Lipinski definition) is 1. The normalized spacial score (nSPS) is 19.1. The Bertz CT molecular complexity index is 1440. The van der Waals surface area contributed by atoms with E-state index in [0.717, 1.165) is 33.7 Å². The molecule has 0 spiro atoms. The van der Waals surface area contributed by atoms with E-state index < -0.39 is 5.25 Å². The second-order valence-electron chi connectivity index (χ2n) is 9.08. The van der Waals surface area contributed by atoms with Gasteiger partial charge in [0.2, 0.25) is 5.91 Å². The van der Waals surface area contributed by atoms with Gasteiger partial charge in [-0.05, 0) is 60.9 Å². The van der Waals surface area contributed by atoms with Gasteiger partial charge in [-0.2, -0.15) is 10.1 Å². The molecule has 2 amide bonds. The third kappa shape index (κ3) is 5.60. The summed E-state index contributed by atoms with van der Waals surface area (Å²) >= 11 is 7.49. The van der Waals surface area contributed by atoms with Crippen LogP contribution in [0.4, 0.5) is 10.1 Å². The summed E-state index contributed by atoms with van der Waals surface area (Å²) in [5.74, 6) is -0.947. The lowest BCUT2D eigenvalue weighted by Crippen LogP contribution is -2.25. The third-order valence-corrected chi connectivity index (χ3v) is 7.65. The zero-order chi connectivity index (χ0) is 26.1. The lowest BCUT2D eigenvalue weighted by atomic mass is 9.98. The molecule has 37 heavy (non-hydrogen) atoms. The van der Waals surface area contributed by atoms with Gasteiger partial charge < -0.3 is 5.32 Å². The van der Waals surface area contributed by atoms with Crippen molar-refractivity contribution in [3.05, 3.63) is 99.8 Å². The fourth-order valence-corrected chi connectivity index (χ4v) is 5.67. The SMILES string of the molecule is Cc1ccc(NC(=O)C[C@H]2SC(N3N=C(c4ccc(F)cc4)C[C@@H]3c3cccc(Cl)c3)=NC2=O)c(C)c1. The van der Waals surface area contributed by atoms with Crippen LogP contribution in [0.3, 0.4) is 0 Å². The van der Waals surface area contributed by atoms with Crippen molar-refractivity contribution in [1.29, 1.82) is 0 Å². The van der Waals surface area contributed by atoms with E-state index in [1.165, 1.54) is 23.9 Å². The standard InChI is InChI=1S/C28H24ClFN4O2S/c1-16-6-11-22(17(2)12-16)31-26(35)15-25-27(36)32-28(37-25)34-24(19-4-3-5-20(29)13-19)14-23(33-34)18-7-9-21(30)10-8-18/h3-13,24-25H,14-15H2,1-2H3,(H,31,35)/t24-,25-/m1/s1. The second kappa shape index (κ2) is 10.5. The van der Waals surface area contributed by atoms with Crippen LogP contribution in [0, 0.1) is 19.7 Å². The number of carbonyl (C=O) groups excluding carboxylic acids is 2. The smallest absolute Gasteiger partial charge is 0.262 e. The van der Waals surface area contributed by atoms with Crippen molar-refractivity contribution in [2.45, 2.75) is 38.0 Å². The van der Waals surface area contributed by atoms with Crippen LogP contribution in [-0.4, -0.2) is 33.0 Å². The minimum Gasteiger partial charge on any atom is -0.326 e. The number of aryl methyl sites for hydroxylation is 2. The molecule has 5 rings (SSSR count). The summed E-state index contributed by atoms with van der Waals surface area (Å²) in [6, 6.07) is 19.1. The zero-order valence-corrected chi connectivity index (χ0v) is 21.8. The first-order chi connectivity index (χ1) is 17.8. The molecule has 0 saturated carbocycles. The second-order valence-corrected chi connectivity index (χ2v) is 10.7. The fourth-order valence-electron chi connectivity index (χ4n) is 4.40. The number of amidine groups is 1. The van der Waals surface area contributed by atoms with E-state index in [-0.39, 0.29) is 30.1 Å². The van der Waals surface area contributed by atoms with Gasteiger partial charge in [0.25, 0.3) is 5.91 Å². The number of benzene rings is 3. The third-order valence-electron chi connectivity index (χ3n) is 6.27. The predicted octanol–water partition coefficient (Wildman–Crippen LogP) is 6.27. The molecule has 0 radical (unpaired) electrons. The van der Waals surface area contributed by atoms with E-state index in [2.05, 4.69) is 10.3 Å². The molecule has 6 nitrogen and oxygen atoms in total. The number of halogens is 2. The molecule has 0 unspecified atom stereocenters. The summed E-state index contributed by atoms with van der Waals surface area (Å²) in [5.41, 5.74) is 5.24. The molecule has 0 fully saturated rings. The molecule has 2 aliphatic rings. The molecule has 1 N–H and O–H groups in total. The maximum Gasteiger partial charge on any atom is 0.262 e. The Hall–Kier alpha value is -3.49. The van der Waals surface area contributed by atoms with Gasteiger partial charge in [0.15, 0.2) is 5.17 Å². The quantitative estimate of drug-likeness (QED) is 0.418. The van der Waals surface area contributed by atoms with E-state index in [1.54, 1.807) is 23.2 Å². The van der Waals surface area contributed by atoms with Gasteiger partial charge in [-0.1, -0.05) is 65.3 Å². The molecule has 2 atom stereocenters. The van der Waals surface area contributed by atoms with Gasteiger partial charge in [-0.25, -0.2) is 9.40 Å². The monoisotopic (exact) mass is 534 g/mol. The van der Waals surface area contributed by atoms with Gasteiger partial charge in [0.1, 0.15) is 11.1 Å². The van der Waals surface area contributed by atoms with E-state index in [4.69, 9.17) is 16.7 Å².